The monoisotopic (exact) mass is 246 g/mol. The second-order valence-corrected chi connectivity index (χ2v) is 1.45. The smallest absolute Gasteiger partial charge is 0.00297 e. The summed E-state index contributed by atoms with van der Waals surface area (Å²) >= 11 is 0. The largest absolute Gasteiger partial charge is 0.133 e. The molecule has 0 spiro atoms. The van der Waals surface area contributed by atoms with Gasteiger partial charge in [0, 0.05) is 0 Å². The van der Waals surface area contributed by atoms with E-state index in [0.29, 0.717) is 0 Å². The lowest BCUT2D eigenvalue weighted by molar-refractivity contribution is 1.64. The molecular formula is C17H42. The molecule has 0 N–H and O–H groups in total. The maximum absolute atomic E-state index is 4.60. The highest BCUT2D eigenvalue weighted by atomic mass is 13.4. The van der Waals surface area contributed by atoms with Gasteiger partial charge < -0.3 is 0 Å². The summed E-state index contributed by atoms with van der Waals surface area (Å²) in [5.74, 6) is 2.25. The van der Waals surface area contributed by atoms with Crippen LogP contribution >= 0.6 is 0 Å². The molecule has 0 radical (unpaired) electrons. The Kier molecular flexibility index (Phi) is 852. The molecule has 110 valence electrons. The first-order valence-electron chi connectivity index (χ1n) is 3.50. The summed E-state index contributed by atoms with van der Waals surface area (Å²) in [4.78, 5) is 0. The van der Waals surface area contributed by atoms with Crippen molar-refractivity contribution in [2.75, 3.05) is 0 Å². The van der Waals surface area contributed by atoms with Gasteiger partial charge in [-0.3, -0.25) is 0 Å². The van der Waals surface area contributed by atoms with Crippen LogP contribution in [0.1, 0.15) is 72.3 Å². The predicted octanol–water partition coefficient (Wildman–Crippen LogP) is 7.39. The van der Waals surface area contributed by atoms with E-state index in [1.54, 1.807) is 13.0 Å². The molecule has 0 aromatic heterocycles. The fraction of sp³-hybridized carbons (Fsp3) is 0.588. The summed E-state index contributed by atoms with van der Waals surface area (Å²) in [6.07, 6.45) is 10.4. The van der Waals surface area contributed by atoms with Crippen LogP contribution in [-0.4, -0.2) is 0 Å². The molecule has 0 aromatic rings. The van der Waals surface area contributed by atoms with Gasteiger partial charge in [-0.2, -0.15) is 0 Å². The SMILES string of the molecule is C.C.C.C.C.C.C#CC.C=C=CC.CC=CC. The highest BCUT2D eigenvalue weighted by molar-refractivity contribution is 4.73. The molecule has 0 fully saturated rings. The standard InChI is InChI=1S/C4H8.C4H6.C3H4.6CH4/c2*1-3-4-2;1-3-2;;;;;;/h3-4H,1-2H3;4H,1H2,2H3;1H,2H3;6*1H4. The Morgan fingerprint density at radius 2 is 0.941 bits per heavy atom. The molecule has 0 rings (SSSR count). The first-order valence-corrected chi connectivity index (χ1v) is 3.50. The maximum Gasteiger partial charge on any atom is -0.00297 e. The quantitative estimate of drug-likeness (QED) is 0.237. The number of hydrogen-bond donors (Lipinski definition) is 0. The lowest BCUT2D eigenvalue weighted by Gasteiger charge is -1.49. The molecule has 0 aliphatic rings. The first-order chi connectivity index (χ1) is 5.24. The Morgan fingerprint density at radius 3 is 0.941 bits per heavy atom. The van der Waals surface area contributed by atoms with E-state index in [4.69, 9.17) is 0 Å². The molecule has 0 atom stereocenters. The van der Waals surface area contributed by atoms with Crippen molar-refractivity contribution < 1.29 is 0 Å². The Labute approximate surface area is 116 Å². The van der Waals surface area contributed by atoms with Crippen molar-refractivity contribution in [3.8, 4) is 12.3 Å². The Bertz CT molecular complexity index is 134. The van der Waals surface area contributed by atoms with E-state index in [-0.39, 0.29) is 44.6 Å². The van der Waals surface area contributed by atoms with E-state index in [1.807, 2.05) is 32.9 Å². The van der Waals surface area contributed by atoms with Crippen molar-refractivity contribution in [3.63, 3.8) is 0 Å². The molecule has 0 heterocycles. The third kappa shape index (κ3) is 3620. The van der Waals surface area contributed by atoms with Crippen molar-refractivity contribution in [1.29, 1.82) is 0 Å². The van der Waals surface area contributed by atoms with E-state index in [2.05, 4.69) is 24.7 Å². The van der Waals surface area contributed by atoms with E-state index >= 15 is 0 Å². The molecule has 0 aliphatic heterocycles. The second kappa shape index (κ2) is 194. The summed E-state index contributed by atoms with van der Waals surface area (Å²) < 4.78 is 0. The molecule has 17 heavy (non-hydrogen) atoms. The second-order valence-electron chi connectivity index (χ2n) is 1.45. The third-order valence-corrected chi connectivity index (χ3v) is 0.537. The van der Waals surface area contributed by atoms with Gasteiger partial charge in [0.2, 0.25) is 0 Å². The number of terminal acetylenes is 1. The van der Waals surface area contributed by atoms with Crippen LogP contribution in [0.2, 0.25) is 0 Å². The normalized spacial score (nSPS) is 3.71. The molecular weight excluding hydrogens is 204 g/mol. The van der Waals surface area contributed by atoms with Gasteiger partial charge in [-0.25, -0.2) is 0 Å². The van der Waals surface area contributed by atoms with Gasteiger partial charge in [-0.05, 0) is 33.8 Å². The van der Waals surface area contributed by atoms with Crippen LogP contribution in [0.15, 0.2) is 30.5 Å². The summed E-state index contributed by atoms with van der Waals surface area (Å²) in [7, 11) is 0. The first kappa shape index (κ1) is 74.7. The predicted molar refractivity (Wildman–Crippen MR) is 94.8 cm³/mol. The minimum atomic E-state index is 0. The maximum atomic E-state index is 4.60. The Balaban J connectivity index is -0.00000000691. The summed E-state index contributed by atoms with van der Waals surface area (Å²) in [6, 6.07) is 0. The van der Waals surface area contributed by atoms with Crippen molar-refractivity contribution >= 4 is 0 Å². The molecule has 0 bridgehead atoms. The van der Waals surface area contributed by atoms with Gasteiger partial charge in [-0.15, -0.1) is 18.1 Å². The topological polar surface area (TPSA) is 0 Å². The van der Waals surface area contributed by atoms with Crippen LogP contribution < -0.4 is 0 Å². The number of allylic oxidation sites excluding steroid dienone is 3. The molecule has 0 amide bonds. The van der Waals surface area contributed by atoms with Gasteiger partial charge in [0.25, 0.3) is 0 Å². The van der Waals surface area contributed by atoms with E-state index < -0.39 is 0 Å². The Morgan fingerprint density at radius 1 is 0.824 bits per heavy atom. The molecule has 0 saturated carbocycles. The highest BCUT2D eigenvalue weighted by Gasteiger charge is 1.34. The van der Waals surface area contributed by atoms with Crippen LogP contribution in [0.5, 0.6) is 0 Å². The number of rotatable bonds is 0. The average molecular weight is 247 g/mol. The average Bonchev–Trinajstić information content (AvgIpc) is 2.06. The van der Waals surface area contributed by atoms with Crippen molar-refractivity contribution in [2.24, 2.45) is 0 Å². The molecule has 0 heteroatoms. The molecule has 0 aliphatic carbocycles. The van der Waals surface area contributed by atoms with Crippen LogP contribution in [-0.2, 0) is 0 Å². The zero-order valence-corrected chi connectivity index (χ0v) is 8.02. The van der Waals surface area contributed by atoms with Crippen LogP contribution in [0.25, 0.3) is 0 Å². The van der Waals surface area contributed by atoms with Gasteiger partial charge in [0.1, 0.15) is 0 Å². The minimum absolute atomic E-state index is 0. The fourth-order valence-electron chi connectivity index (χ4n) is 0. The number of hydrogen-bond acceptors (Lipinski definition) is 0. The Hall–Kier alpha value is -1.18. The third-order valence-electron chi connectivity index (χ3n) is 0.537. The van der Waals surface area contributed by atoms with Crippen LogP contribution in [0.3, 0.4) is 0 Å². The van der Waals surface area contributed by atoms with Crippen molar-refractivity contribution in [3.05, 3.63) is 30.5 Å². The summed E-state index contributed by atoms with van der Waals surface area (Å²) in [5.41, 5.74) is 2.56. The molecule has 0 saturated heterocycles. The van der Waals surface area contributed by atoms with Gasteiger partial charge >= 0.3 is 0 Å². The van der Waals surface area contributed by atoms with E-state index in [9.17, 15) is 0 Å². The van der Waals surface area contributed by atoms with Gasteiger partial charge in [0.15, 0.2) is 0 Å². The highest BCUT2D eigenvalue weighted by Crippen LogP contribution is 1.57. The summed E-state index contributed by atoms with van der Waals surface area (Å²) in [6.45, 7) is 10.8. The van der Waals surface area contributed by atoms with Crippen molar-refractivity contribution in [1.82, 2.24) is 0 Å². The van der Waals surface area contributed by atoms with Crippen molar-refractivity contribution in [2.45, 2.75) is 72.3 Å². The zero-order chi connectivity index (χ0) is 9.54. The molecule has 0 aromatic carbocycles. The van der Waals surface area contributed by atoms with Crippen LogP contribution in [0, 0.1) is 12.3 Å². The van der Waals surface area contributed by atoms with Gasteiger partial charge in [-0.1, -0.05) is 63.3 Å². The summed E-state index contributed by atoms with van der Waals surface area (Å²) in [5, 5.41) is 0. The fourth-order valence-corrected chi connectivity index (χ4v) is 0. The van der Waals surface area contributed by atoms with Crippen LogP contribution in [0.4, 0.5) is 0 Å². The van der Waals surface area contributed by atoms with E-state index in [0.717, 1.165) is 0 Å². The zero-order valence-electron chi connectivity index (χ0n) is 8.02. The molecule has 0 unspecified atom stereocenters. The molecule has 0 nitrogen and oxygen atoms in total. The minimum Gasteiger partial charge on any atom is -0.133 e. The van der Waals surface area contributed by atoms with Gasteiger partial charge in [0.05, 0.1) is 0 Å². The van der Waals surface area contributed by atoms with E-state index in [1.165, 1.54) is 0 Å². The lowest BCUT2D eigenvalue weighted by Crippen LogP contribution is -1.26. The lowest BCUT2D eigenvalue weighted by atomic mass is 10.6.